The van der Waals surface area contributed by atoms with Crippen LogP contribution in [0.1, 0.15) is 5.56 Å². The Bertz CT molecular complexity index is 1050. The number of hydrogen-bond acceptors (Lipinski definition) is 8. The highest BCUT2D eigenvalue weighted by molar-refractivity contribution is 7.70. The van der Waals surface area contributed by atoms with Crippen molar-refractivity contribution in [1.82, 2.24) is 15.0 Å². The lowest BCUT2D eigenvalue weighted by Crippen LogP contribution is -2.09. The summed E-state index contributed by atoms with van der Waals surface area (Å²) in [5.41, 5.74) is 2.10. The molecule has 3 rings (SSSR count). The number of thiol groups is 1. The quantitative estimate of drug-likeness (QED) is 0.318. The Morgan fingerprint density at radius 3 is 2.17 bits per heavy atom. The Labute approximate surface area is 177 Å². The zero-order valence-electron chi connectivity index (χ0n) is 16.7. The van der Waals surface area contributed by atoms with Crippen molar-refractivity contribution >= 4 is 40.9 Å². The minimum absolute atomic E-state index is 0.464. The number of aromatic nitrogens is 3. The zero-order valence-corrected chi connectivity index (χ0v) is 18.5. The fourth-order valence-electron chi connectivity index (χ4n) is 2.44. The summed E-state index contributed by atoms with van der Waals surface area (Å²) in [4.78, 5) is 12.7. The van der Waals surface area contributed by atoms with E-state index in [1.807, 2.05) is 42.5 Å². The third kappa shape index (κ3) is 8.69. The summed E-state index contributed by atoms with van der Waals surface area (Å²) in [6, 6.07) is 17.7. The van der Waals surface area contributed by atoms with Gasteiger partial charge in [-0.2, -0.15) is 4.98 Å². The predicted molar refractivity (Wildman–Crippen MR) is 122 cm³/mol. The SMILES string of the molecule is CP(C)(=O)c1ccc(Nc2ncnc(NCCc3ccccc3)n2)cc1.N[SH](=O)=O. The first-order chi connectivity index (χ1) is 14.2. The second kappa shape index (κ2) is 11.4. The minimum Gasteiger partial charge on any atom is -0.354 e. The molecule has 4 N–H and O–H groups in total. The molecule has 3 aromatic rings. The van der Waals surface area contributed by atoms with E-state index in [0.29, 0.717) is 11.9 Å². The Morgan fingerprint density at radius 1 is 0.967 bits per heavy atom. The van der Waals surface area contributed by atoms with Gasteiger partial charge in [0.1, 0.15) is 13.5 Å². The van der Waals surface area contributed by atoms with Gasteiger partial charge in [0.2, 0.25) is 11.9 Å². The van der Waals surface area contributed by atoms with Crippen LogP contribution in [0.4, 0.5) is 17.6 Å². The number of nitrogens with one attached hydrogen (secondary N) is 2. The maximum Gasteiger partial charge on any atom is 0.231 e. The van der Waals surface area contributed by atoms with Crippen molar-refractivity contribution in [3.05, 3.63) is 66.5 Å². The predicted octanol–water partition coefficient (Wildman–Crippen LogP) is 1.99. The maximum absolute atomic E-state index is 12.1. The lowest BCUT2D eigenvalue weighted by molar-refractivity contribution is 0.588. The molecule has 0 unspecified atom stereocenters. The van der Waals surface area contributed by atoms with Crippen LogP contribution in [0.15, 0.2) is 60.9 Å². The van der Waals surface area contributed by atoms with Gasteiger partial charge >= 0.3 is 0 Å². The summed E-state index contributed by atoms with van der Waals surface area (Å²) in [6.45, 7) is 4.26. The Hall–Kier alpha value is -2.81. The summed E-state index contributed by atoms with van der Waals surface area (Å²) >= 11 is 0. The van der Waals surface area contributed by atoms with Crippen molar-refractivity contribution in [3.8, 4) is 0 Å². The van der Waals surface area contributed by atoms with Gasteiger partial charge < -0.3 is 15.2 Å². The van der Waals surface area contributed by atoms with E-state index in [9.17, 15) is 4.57 Å². The molecule has 0 aliphatic carbocycles. The highest BCUT2D eigenvalue weighted by Gasteiger charge is 2.10. The molecule has 0 saturated heterocycles. The fourth-order valence-corrected chi connectivity index (χ4v) is 3.30. The molecular formula is C19H25N6O3PS. The average Bonchev–Trinajstić information content (AvgIpc) is 2.68. The molecule has 1 heterocycles. The molecule has 0 spiro atoms. The third-order valence-corrected chi connectivity index (χ3v) is 5.40. The summed E-state index contributed by atoms with van der Waals surface area (Å²) in [7, 11) is -4.87. The molecule has 0 fully saturated rings. The van der Waals surface area contributed by atoms with E-state index in [4.69, 9.17) is 8.42 Å². The van der Waals surface area contributed by atoms with Crippen molar-refractivity contribution < 1.29 is 13.0 Å². The normalized spacial score (nSPS) is 10.8. The largest absolute Gasteiger partial charge is 0.354 e. The standard InChI is InChI=1S/C19H22N5OP.H3NO2S/c1-26(2,25)17-10-8-16(9-11-17)23-19-22-14-21-18(24-19)20-13-12-15-6-4-3-5-7-15;1-4(2)3/h3-11,14H,12-13H2,1-2H3,(H2,20,21,22,23,24);4H,(H2,1,2,3). The number of rotatable bonds is 7. The number of anilines is 3. The molecule has 0 radical (unpaired) electrons. The zero-order chi connectivity index (χ0) is 22.0. The molecule has 0 bridgehead atoms. The van der Waals surface area contributed by atoms with Gasteiger partial charge in [0.25, 0.3) is 0 Å². The van der Waals surface area contributed by atoms with E-state index in [-0.39, 0.29) is 0 Å². The fraction of sp³-hybridized carbons (Fsp3) is 0.211. The van der Waals surface area contributed by atoms with Gasteiger partial charge in [-0.15, -0.1) is 0 Å². The van der Waals surface area contributed by atoms with Gasteiger partial charge in [-0.1, -0.05) is 30.3 Å². The molecule has 160 valence electrons. The first-order valence-corrected chi connectivity index (χ1v) is 12.9. The molecule has 1 aromatic heterocycles. The average molecular weight is 448 g/mol. The highest BCUT2D eigenvalue weighted by atomic mass is 32.2. The van der Waals surface area contributed by atoms with Crippen LogP contribution >= 0.6 is 7.14 Å². The van der Waals surface area contributed by atoms with E-state index in [0.717, 1.165) is 24.0 Å². The monoisotopic (exact) mass is 448 g/mol. The second-order valence-corrected chi connectivity index (χ2v) is 10.4. The van der Waals surface area contributed by atoms with Gasteiger partial charge in [-0.3, -0.25) is 0 Å². The van der Waals surface area contributed by atoms with Crippen LogP contribution in [0.5, 0.6) is 0 Å². The lowest BCUT2D eigenvalue weighted by atomic mass is 10.1. The second-order valence-electron chi connectivity index (χ2n) is 6.60. The highest BCUT2D eigenvalue weighted by Crippen LogP contribution is 2.34. The van der Waals surface area contributed by atoms with Gasteiger partial charge in [0.15, 0.2) is 10.9 Å². The summed E-state index contributed by atoms with van der Waals surface area (Å²) in [5, 5.41) is 11.3. The maximum atomic E-state index is 12.1. The van der Waals surface area contributed by atoms with Crippen LogP contribution in [-0.4, -0.2) is 43.2 Å². The molecule has 11 heteroatoms. The molecule has 0 aliphatic rings. The molecule has 0 atom stereocenters. The van der Waals surface area contributed by atoms with E-state index >= 15 is 0 Å². The summed E-state index contributed by atoms with van der Waals surface area (Å²) in [5.74, 6) is 0.993. The van der Waals surface area contributed by atoms with Crippen LogP contribution in [0, 0.1) is 0 Å². The van der Waals surface area contributed by atoms with Gasteiger partial charge in [0, 0.05) is 17.5 Å². The molecule has 30 heavy (non-hydrogen) atoms. The molecule has 0 aliphatic heterocycles. The van der Waals surface area contributed by atoms with Crippen molar-refractivity contribution in [2.75, 3.05) is 30.5 Å². The van der Waals surface area contributed by atoms with E-state index < -0.39 is 18.0 Å². The summed E-state index contributed by atoms with van der Waals surface area (Å²) in [6.07, 6.45) is 2.37. The number of nitrogens with zero attached hydrogens (tertiary/aromatic N) is 3. The van der Waals surface area contributed by atoms with Crippen LogP contribution < -0.4 is 21.1 Å². The topological polar surface area (TPSA) is 140 Å². The van der Waals surface area contributed by atoms with Gasteiger partial charge in [-0.05, 0) is 49.6 Å². The Balaban J connectivity index is 0.000000735. The van der Waals surface area contributed by atoms with E-state index in [1.165, 1.54) is 11.9 Å². The lowest BCUT2D eigenvalue weighted by Gasteiger charge is -2.10. The molecule has 0 amide bonds. The van der Waals surface area contributed by atoms with Crippen molar-refractivity contribution in [1.29, 1.82) is 0 Å². The van der Waals surface area contributed by atoms with Crippen LogP contribution in [0.3, 0.4) is 0 Å². The summed E-state index contributed by atoms with van der Waals surface area (Å²) < 4.78 is 29.7. The molecule has 2 aromatic carbocycles. The number of nitrogens with two attached hydrogens (primary N) is 1. The van der Waals surface area contributed by atoms with Gasteiger partial charge in [0.05, 0.1) is 0 Å². The first-order valence-electron chi connectivity index (χ1n) is 9.02. The minimum atomic E-state index is -2.62. The Morgan fingerprint density at radius 2 is 1.57 bits per heavy atom. The van der Waals surface area contributed by atoms with Crippen LogP contribution in [0.2, 0.25) is 0 Å². The van der Waals surface area contributed by atoms with Crippen molar-refractivity contribution in [3.63, 3.8) is 0 Å². The molecule has 9 nitrogen and oxygen atoms in total. The smallest absolute Gasteiger partial charge is 0.231 e. The number of hydrogen-bond donors (Lipinski definition) is 4. The first kappa shape index (κ1) is 23.5. The van der Waals surface area contributed by atoms with Crippen molar-refractivity contribution in [2.24, 2.45) is 5.14 Å². The number of benzene rings is 2. The van der Waals surface area contributed by atoms with E-state index in [2.05, 4.69) is 42.9 Å². The molecule has 0 saturated carbocycles. The van der Waals surface area contributed by atoms with Crippen LogP contribution in [-0.2, 0) is 21.9 Å². The van der Waals surface area contributed by atoms with E-state index in [1.54, 1.807) is 13.3 Å². The van der Waals surface area contributed by atoms with Crippen molar-refractivity contribution in [2.45, 2.75) is 6.42 Å². The Kier molecular flexibility index (Phi) is 8.91. The van der Waals surface area contributed by atoms with Gasteiger partial charge in [-0.25, -0.2) is 23.5 Å². The van der Waals surface area contributed by atoms with Crippen LogP contribution in [0.25, 0.3) is 0 Å². The molecular weight excluding hydrogens is 423 g/mol. The third-order valence-electron chi connectivity index (χ3n) is 3.86.